The quantitative estimate of drug-likeness (QED) is 0.649. The maximum Gasteiger partial charge on any atom is 0.168 e. The molecular weight excluding hydrogens is 214 g/mol. The molecule has 0 bridgehead atoms. The first-order chi connectivity index (χ1) is 8.31. The maximum atomic E-state index is 5.31. The molecule has 1 N–H and O–H groups in total. The van der Waals surface area contributed by atoms with Crippen LogP contribution in [0.5, 0.6) is 0 Å². The summed E-state index contributed by atoms with van der Waals surface area (Å²) in [5.41, 5.74) is 0.972. The van der Waals surface area contributed by atoms with E-state index in [1.807, 2.05) is 37.3 Å². The lowest BCUT2D eigenvalue weighted by Gasteiger charge is -2.14. The zero-order valence-electron chi connectivity index (χ0n) is 9.92. The molecule has 2 rings (SSSR count). The summed E-state index contributed by atoms with van der Waals surface area (Å²) >= 11 is 0. The van der Waals surface area contributed by atoms with E-state index in [-0.39, 0.29) is 6.04 Å². The molecule has 2 heterocycles. The van der Waals surface area contributed by atoms with Crippen LogP contribution in [-0.2, 0) is 0 Å². The average molecular weight is 229 g/mol. The van der Waals surface area contributed by atoms with E-state index < -0.39 is 0 Å². The predicted octanol–water partition coefficient (Wildman–Crippen LogP) is 2.40. The summed E-state index contributed by atoms with van der Waals surface area (Å²) in [7, 11) is 1.73. The van der Waals surface area contributed by atoms with Crippen LogP contribution in [0, 0.1) is 0 Å². The van der Waals surface area contributed by atoms with Crippen molar-refractivity contribution in [1.29, 1.82) is 0 Å². The molecule has 4 heteroatoms. The standard InChI is InChI=1S/C13H15N3O/c1-10(11-6-3-4-8-15-11)16-13(14-2)12-7-5-9-17-12/h3-10H,1-2H3,(H,14,16). The highest BCUT2D eigenvalue weighted by atomic mass is 16.3. The second-order valence-electron chi connectivity index (χ2n) is 3.67. The molecule has 2 aromatic rings. The van der Waals surface area contributed by atoms with Gasteiger partial charge in [-0.2, -0.15) is 0 Å². The Bertz CT molecular complexity index is 477. The topological polar surface area (TPSA) is 50.4 Å². The SMILES string of the molecule is CN=C(NC(C)c1ccccn1)c1ccco1. The van der Waals surface area contributed by atoms with Crippen LogP contribution < -0.4 is 5.32 Å². The number of nitrogens with zero attached hydrogens (tertiary/aromatic N) is 2. The number of hydrogen-bond donors (Lipinski definition) is 1. The van der Waals surface area contributed by atoms with E-state index in [1.54, 1.807) is 19.5 Å². The third-order valence-corrected chi connectivity index (χ3v) is 2.46. The number of nitrogens with one attached hydrogen (secondary N) is 1. The van der Waals surface area contributed by atoms with Crippen LogP contribution in [0.3, 0.4) is 0 Å². The fourth-order valence-corrected chi connectivity index (χ4v) is 1.57. The van der Waals surface area contributed by atoms with Gasteiger partial charge in [0.1, 0.15) is 0 Å². The van der Waals surface area contributed by atoms with Crippen molar-refractivity contribution in [3.63, 3.8) is 0 Å². The zero-order chi connectivity index (χ0) is 12.1. The lowest BCUT2D eigenvalue weighted by Crippen LogP contribution is -2.27. The molecule has 1 unspecified atom stereocenters. The first-order valence-electron chi connectivity index (χ1n) is 5.49. The number of amidine groups is 1. The van der Waals surface area contributed by atoms with Crippen molar-refractivity contribution in [2.45, 2.75) is 13.0 Å². The minimum Gasteiger partial charge on any atom is -0.461 e. The van der Waals surface area contributed by atoms with Gasteiger partial charge in [-0.05, 0) is 31.2 Å². The fraction of sp³-hybridized carbons (Fsp3) is 0.231. The number of aliphatic imine (C=N–C) groups is 1. The highest BCUT2D eigenvalue weighted by molar-refractivity contribution is 5.96. The Kier molecular flexibility index (Phi) is 3.55. The number of furan rings is 1. The minimum absolute atomic E-state index is 0.0833. The molecule has 17 heavy (non-hydrogen) atoms. The molecule has 0 aliphatic rings. The van der Waals surface area contributed by atoms with Crippen LogP contribution in [-0.4, -0.2) is 17.9 Å². The van der Waals surface area contributed by atoms with Gasteiger partial charge in [-0.3, -0.25) is 9.98 Å². The van der Waals surface area contributed by atoms with Crippen molar-refractivity contribution in [2.75, 3.05) is 7.05 Å². The van der Waals surface area contributed by atoms with Crippen molar-refractivity contribution in [2.24, 2.45) is 4.99 Å². The Labute approximate surface area is 100 Å². The second kappa shape index (κ2) is 5.30. The highest BCUT2D eigenvalue weighted by Crippen LogP contribution is 2.10. The van der Waals surface area contributed by atoms with Gasteiger partial charge in [0.05, 0.1) is 18.0 Å². The van der Waals surface area contributed by atoms with Crippen molar-refractivity contribution >= 4 is 5.84 Å². The number of aromatic nitrogens is 1. The Morgan fingerprint density at radius 3 is 2.82 bits per heavy atom. The summed E-state index contributed by atoms with van der Waals surface area (Å²) in [6, 6.07) is 9.65. The van der Waals surface area contributed by atoms with Gasteiger partial charge in [-0.1, -0.05) is 6.07 Å². The molecule has 0 saturated heterocycles. The van der Waals surface area contributed by atoms with E-state index >= 15 is 0 Å². The normalized spacial score (nSPS) is 13.4. The molecule has 1 atom stereocenters. The fourth-order valence-electron chi connectivity index (χ4n) is 1.57. The van der Waals surface area contributed by atoms with Crippen molar-refractivity contribution in [1.82, 2.24) is 10.3 Å². The predicted molar refractivity (Wildman–Crippen MR) is 67.0 cm³/mol. The van der Waals surface area contributed by atoms with Gasteiger partial charge in [0.25, 0.3) is 0 Å². The van der Waals surface area contributed by atoms with Crippen molar-refractivity contribution < 1.29 is 4.42 Å². The average Bonchev–Trinajstić information content (AvgIpc) is 2.90. The van der Waals surface area contributed by atoms with E-state index in [0.717, 1.165) is 17.3 Å². The van der Waals surface area contributed by atoms with Gasteiger partial charge in [0.15, 0.2) is 11.6 Å². The lowest BCUT2D eigenvalue weighted by atomic mass is 10.2. The smallest absolute Gasteiger partial charge is 0.168 e. The van der Waals surface area contributed by atoms with E-state index in [1.165, 1.54) is 0 Å². The van der Waals surface area contributed by atoms with Crippen LogP contribution in [0.4, 0.5) is 0 Å². The van der Waals surface area contributed by atoms with Crippen LogP contribution in [0.15, 0.2) is 52.2 Å². The summed E-state index contributed by atoms with van der Waals surface area (Å²) in [6.07, 6.45) is 3.41. The molecule has 0 saturated carbocycles. The highest BCUT2D eigenvalue weighted by Gasteiger charge is 2.11. The second-order valence-corrected chi connectivity index (χ2v) is 3.67. The Morgan fingerprint density at radius 1 is 1.35 bits per heavy atom. The van der Waals surface area contributed by atoms with Crippen LogP contribution in [0.1, 0.15) is 24.4 Å². The van der Waals surface area contributed by atoms with Crippen LogP contribution >= 0.6 is 0 Å². The van der Waals surface area contributed by atoms with Gasteiger partial charge in [0.2, 0.25) is 0 Å². The molecule has 2 aromatic heterocycles. The molecule has 0 spiro atoms. The summed E-state index contributed by atoms with van der Waals surface area (Å²) in [5.74, 6) is 1.46. The minimum atomic E-state index is 0.0833. The van der Waals surface area contributed by atoms with E-state index in [2.05, 4.69) is 15.3 Å². The van der Waals surface area contributed by atoms with Gasteiger partial charge in [-0.25, -0.2) is 0 Å². The van der Waals surface area contributed by atoms with Gasteiger partial charge in [0, 0.05) is 13.2 Å². The molecule has 4 nitrogen and oxygen atoms in total. The summed E-state index contributed by atoms with van der Waals surface area (Å²) in [5, 5.41) is 3.28. The molecular formula is C13H15N3O. The van der Waals surface area contributed by atoms with Crippen molar-refractivity contribution in [3.05, 3.63) is 54.2 Å². The third kappa shape index (κ3) is 2.72. The molecule has 0 aromatic carbocycles. The molecule has 0 amide bonds. The summed E-state index contributed by atoms with van der Waals surface area (Å²) in [4.78, 5) is 8.48. The van der Waals surface area contributed by atoms with Gasteiger partial charge >= 0.3 is 0 Å². The Balaban J connectivity index is 2.11. The zero-order valence-corrected chi connectivity index (χ0v) is 9.92. The first-order valence-corrected chi connectivity index (χ1v) is 5.49. The van der Waals surface area contributed by atoms with Gasteiger partial charge in [-0.15, -0.1) is 0 Å². The Hall–Kier alpha value is -2.10. The third-order valence-electron chi connectivity index (χ3n) is 2.46. The lowest BCUT2D eigenvalue weighted by molar-refractivity contribution is 0.548. The van der Waals surface area contributed by atoms with Crippen LogP contribution in [0.25, 0.3) is 0 Å². The monoisotopic (exact) mass is 229 g/mol. The molecule has 88 valence electrons. The molecule has 0 aliphatic carbocycles. The van der Waals surface area contributed by atoms with E-state index in [9.17, 15) is 0 Å². The van der Waals surface area contributed by atoms with Crippen molar-refractivity contribution in [3.8, 4) is 0 Å². The number of rotatable bonds is 3. The van der Waals surface area contributed by atoms with Crippen LogP contribution in [0.2, 0.25) is 0 Å². The van der Waals surface area contributed by atoms with E-state index in [4.69, 9.17) is 4.42 Å². The largest absolute Gasteiger partial charge is 0.461 e. The molecule has 0 fully saturated rings. The number of pyridine rings is 1. The Morgan fingerprint density at radius 2 is 2.24 bits per heavy atom. The first kappa shape index (κ1) is 11.4. The molecule has 0 aliphatic heterocycles. The summed E-state index contributed by atoms with van der Waals surface area (Å²) in [6.45, 7) is 2.04. The van der Waals surface area contributed by atoms with Gasteiger partial charge < -0.3 is 9.73 Å². The maximum absolute atomic E-state index is 5.31. The number of hydrogen-bond acceptors (Lipinski definition) is 3. The molecule has 0 radical (unpaired) electrons. The summed E-state index contributed by atoms with van der Waals surface area (Å²) < 4.78 is 5.31. The van der Waals surface area contributed by atoms with E-state index in [0.29, 0.717) is 0 Å².